The number of hydrogen-bond acceptors (Lipinski definition) is 6. The van der Waals surface area contributed by atoms with Crippen molar-refractivity contribution in [3.63, 3.8) is 0 Å². The van der Waals surface area contributed by atoms with Crippen LogP contribution in [0.2, 0.25) is 0 Å². The zero-order chi connectivity index (χ0) is 15.0. The number of nitrogen functional groups attached to an aromatic ring is 1. The maximum Gasteiger partial charge on any atom is 0.263 e. The van der Waals surface area contributed by atoms with Gasteiger partial charge >= 0.3 is 0 Å². The SMILES string of the molecule is CNC(=O)c1sc(N2CCN3CCCC3C2)c(C#N)c1N. The Kier molecular flexibility index (Phi) is 3.74. The number of nitrogens with two attached hydrogens (primary N) is 1. The highest BCUT2D eigenvalue weighted by Crippen LogP contribution is 2.39. The van der Waals surface area contributed by atoms with E-state index >= 15 is 0 Å². The number of rotatable bonds is 2. The summed E-state index contributed by atoms with van der Waals surface area (Å²) in [6.45, 7) is 4.00. The molecule has 1 unspecified atom stereocenters. The lowest BCUT2D eigenvalue weighted by atomic mass is 10.1. The van der Waals surface area contributed by atoms with Gasteiger partial charge in [-0.2, -0.15) is 5.26 Å². The van der Waals surface area contributed by atoms with E-state index < -0.39 is 0 Å². The fourth-order valence-electron chi connectivity index (χ4n) is 3.22. The van der Waals surface area contributed by atoms with Crippen LogP contribution >= 0.6 is 11.3 Å². The van der Waals surface area contributed by atoms with E-state index in [9.17, 15) is 10.1 Å². The Bertz CT molecular complexity index is 605. The first kappa shape index (κ1) is 14.2. The number of piperazine rings is 1. The number of carbonyl (C=O) groups is 1. The Labute approximate surface area is 128 Å². The highest BCUT2D eigenvalue weighted by molar-refractivity contribution is 7.19. The third kappa shape index (κ3) is 2.34. The molecule has 0 spiro atoms. The van der Waals surface area contributed by atoms with Gasteiger partial charge in [-0.05, 0) is 19.4 Å². The predicted molar refractivity (Wildman–Crippen MR) is 83.6 cm³/mol. The summed E-state index contributed by atoms with van der Waals surface area (Å²) in [5.41, 5.74) is 6.75. The van der Waals surface area contributed by atoms with E-state index in [1.165, 1.54) is 30.7 Å². The lowest BCUT2D eigenvalue weighted by Crippen LogP contribution is -2.50. The van der Waals surface area contributed by atoms with Crippen molar-refractivity contribution >= 4 is 27.9 Å². The number of nitriles is 1. The van der Waals surface area contributed by atoms with Crippen LogP contribution in [0.5, 0.6) is 0 Å². The van der Waals surface area contributed by atoms with Crippen LogP contribution in [0.15, 0.2) is 0 Å². The highest BCUT2D eigenvalue weighted by Gasteiger charge is 2.33. The van der Waals surface area contributed by atoms with Crippen molar-refractivity contribution in [2.45, 2.75) is 18.9 Å². The first-order valence-electron chi connectivity index (χ1n) is 7.19. The van der Waals surface area contributed by atoms with Crippen LogP contribution in [0.4, 0.5) is 10.7 Å². The van der Waals surface area contributed by atoms with Gasteiger partial charge < -0.3 is 16.0 Å². The molecule has 0 aliphatic carbocycles. The Balaban J connectivity index is 1.91. The molecule has 2 fully saturated rings. The first-order chi connectivity index (χ1) is 10.2. The number of carbonyl (C=O) groups excluding carboxylic acids is 1. The minimum absolute atomic E-state index is 0.222. The minimum Gasteiger partial charge on any atom is -0.396 e. The van der Waals surface area contributed by atoms with Gasteiger partial charge in [0.05, 0.1) is 5.69 Å². The molecule has 6 nitrogen and oxygen atoms in total. The van der Waals surface area contributed by atoms with Gasteiger partial charge in [-0.25, -0.2) is 0 Å². The molecule has 3 rings (SSSR count). The Hall–Kier alpha value is -1.78. The second-order valence-electron chi connectivity index (χ2n) is 5.49. The molecule has 0 aromatic carbocycles. The Morgan fingerprint density at radius 3 is 3.00 bits per heavy atom. The summed E-state index contributed by atoms with van der Waals surface area (Å²) in [4.78, 5) is 17.0. The van der Waals surface area contributed by atoms with Crippen molar-refractivity contribution in [3.8, 4) is 6.07 Å². The molecule has 7 heteroatoms. The molecule has 0 saturated carbocycles. The van der Waals surface area contributed by atoms with Gasteiger partial charge in [-0.15, -0.1) is 11.3 Å². The van der Waals surface area contributed by atoms with Crippen LogP contribution in [-0.4, -0.2) is 50.1 Å². The van der Waals surface area contributed by atoms with Gasteiger partial charge in [0.15, 0.2) is 0 Å². The van der Waals surface area contributed by atoms with Crippen LogP contribution in [0.25, 0.3) is 0 Å². The summed E-state index contributed by atoms with van der Waals surface area (Å²) in [6, 6.07) is 2.74. The lowest BCUT2D eigenvalue weighted by Gasteiger charge is -2.38. The van der Waals surface area contributed by atoms with Crippen LogP contribution in [0.3, 0.4) is 0 Å². The lowest BCUT2D eigenvalue weighted by molar-refractivity contribution is 0.0968. The quantitative estimate of drug-likeness (QED) is 0.846. The van der Waals surface area contributed by atoms with E-state index in [0.29, 0.717) is 22.2 Å². The molecule has 3 heterocycles. The fourth-order valence-corrected chi connectivity index (χ4v) is 4.37. The summed E-state index contributed by atoms with van der Waals surface area (Å²) in [5.74, 6) is -0.222. The molecular formula is C14H19N5OS. The average molecular weight is 305 g/mol. The van der Waals surface area contributed by atoms with E-state index in [-0.39, 0.29) is 5.91 Å². The molecule has 2 aliphatic heterocycles. The Morgan fingerprint density at radius 1 is 1.48 bits per heavy atom. The van der Waals surface area contributed by atoms with Crippen molar-refractivity contribution in [3.05, 3.63) is 10.4 Å². The van der Waals surface area contributed by atoms with Crippen molar-refractivity contribution in [2.75, 3.05) is 43.9 Å². The molecular weight excluding hydrogens is 286 g/mol. The molecule has 1 aromatic rings. The molecule has 112 valence electrons. The normalized spacial score (nSPS) is 21.9. The second-order valence-corrected chi connectivity index (χ2v) is 6.49. The number of nitrogens with zero attached hydrogens (tertiary/aromatic N) is 3. The van der Waals surface area contributed by atoms with Crippen molar-refractivity contribution < 1.29 is 4.79 Å². The standard InChI is InChI=1S/C14H19N5OS/c1-17-13(20)12-11(16)10(7-15)14(21-12)19-6-5-18-4-2-3-9(18)8-19/h9H,2-6,8,16H2,1H3,(H,17,20). The largest absolute Gasteiger partial charge is 0.396 e. The molecule has 2 aliphatic rings. The topological polar surface area (TPSA) is 85.4 Å². The third-order valence-corrected chi connectivity index (χ3v) is 5.61. The zero-order valence-corrected chi connectivity index (χ0v) is 12.9. The molecule has 1 aromatic heterocycles. The second kappa shape index (κ2) is 5.54. The average Bonchev–Trinajstić information content (AvgIpc) is 3.09. The zero-order valence-electron chi connectivity index (χ0n) is 12.1. The smallest absolute Gasteiger partial charge is 0.263 e. The number of nitrogens with one attached hydrogen (secondary N) is 1. The van der Waals surface area contributed by atoms with Crippen molar-refractivity contribution in [1.29, 1.82) is 5.26 Å². The number of thiophene rings is 1. The highest BCUT2D eigenvalue weighted by atomic mass is 32.1. The maximum absolute atomic E-state index is 11.9. The predicted octanol–water partition coefficient (Wildman–Crippen LogP) is 0.846. The van der Waals surface area contributed by atoms with Crippen molar-refractivity contribution in [2.24, 2.45) is 0 Å². The molecule has 0 bridgehead atoms. The number of hydrogen-bond donors (Lipinski definition) is 2. The van der Waals surface area contributed by atoms with Gasteiger partial charge in [-0.1, -0.05) is 0 Å². The van der Waals surface area contributed by atoms with Crippen LogP contribution in [-0.2, 0) is 0 Å². The summed E-state index contributed by atoms with van der Waals surface area (Å²) in [7, 11) is 1.57. The van der Waals surface area contributed by atoms with E-state index in [0.717, 1.165) is 24.6 Å². The number of fused-ring (bicyclic) bond motifs is 1. The summed E-state index contributed by atoms with van der Waals surface area (Å²) in [6.07, 6.45) is 2.46. The van der Waals surface area contributed by atoms with Crippen molar-refractivity contribution in [1.82, 2.24) is 10.2 Å². The van der Waals surface area contributed by atoms with Gasteiger partial charge in [0.2, 0.25) is 0 Å². The summed E-state index contributed by atoms with van der Waals surface area (Å²) >= 11 is 1.33. The molecule has 3 N–H and O–H groups in total. The molecule has 2 saturated heterocycles. The third-order valence-electron chi connectivity index (χ3n) is 4.35. The minimum atomic E-state index is -0.222. The first-order valence-corrected chi connectivity index (χ1v) is 8.00. The fraction of sp³-hybridized carbons (Fsp3) is 0.571. The molecule has 1 amide bonds. The van der Waals surface area contributed by atoms with Gasteiger partial charge in [0.25, 0.3) is 5.91 Å². The van der Waals surface area contributed by atoms with Crippen LogP contribution in [0, 0.1) is 11.3 Å². The van der Waals surface area contributed by atoms with E-state index in [1.54, 1.807) is 7.05 Å². The van der Waals surface area contributed by atoms with E-state index in [1.807, 2.05) is 0 Å². The summed E-state index contributed by atoms with van der Waals surface area (Å²) in [5, 5.41) is 12.8. The van der Waals surface area contributed by atoms with E-state index in [4.69, 9.17) is 5.73 Å². The molecule has 1 atom stereocenters. The van der Waals surface area contributed by atoms with Crippen LogP contribution < -0.4 is 16.0 Å². The molecule has 0 radical (unpaired) electrons. The van der Waals surface area contributed by atoms with E-state index in [2.05, 4.69) is 21.2 Å². The van der Waals surface area contributed by atoms with Gasteiger partial charge in [0.1, 0.15) is 21.5 Å². The number of anilines is 2. The number of amides is 1. The van der Waals surface area contributed by atoms with Crippen LogP contribution in [0.1, 0.15) is 28.1 Å². The molecule has 21 heavy (non-hydrogen) atoms. The monoisotopic (exact) mass is 305 g/mol. The summed E-state index contributed by atoms with van der Waals surface area (Å²) < 4.78 is 0. The van der Waals surface area contributed by atoms with Gasteiger partial charge in [-0.3, -0.25) is 9.69 Å². The van der Waals surface area contributed by atoms with Gasteiger partial charge in [0, 0.05) is 32.7 Å². The maximum atomic E-state index is 11.9. The Morgan fingerprint density at radius 2 is 2.29 bits per heavy atom.